The van der Waals surface area contributed by atoms with Crippen LogP contribution in [0, 0.1) is 51.7 Å². The van der Waals surface area contributed by atoms with E-state index in [-0.39, 0.29) is 28.4 Å². The summed E-state index contributed by atoms with van der Waals surface area (Å²) in [5, 5.41) is 8.42. The van der Waals surface area contributed by atoms with E-state index in [1.807, 2.05) is 0 Å². The minimum atomic E-state index is 0.0892. The molecule has 0 spiro atoms. The van der Waals surface area contributed by atoms with Gasteiger partial charge in [0.2, 0.25) is 0 Å². The molecule has 0 aromatic heterocycles. The van der Waals surface area contributed by atoms with Gasteiger partial charge in [0.15, 0.2) is 5.78 Å². The van der Waals surface area contributed by atoms with Crippen LogP contribution in [-0.2, 0) is 9.59 Å². The largest absolute Gasteiger partial charge is 0.301 e. The molecule has 0 saturated heterocycles. The van der Waals surface area contributed by atoms with Crippen molar-refractivity contribution in [2.75, 3.05) is 0 Å². The average molecular weight is 344 g/mol. The second kappa shape index (κ2) is 5.50. The molecular weight excluding hydrogens is 310 g/mol. The molecule has 25 heavy (non-hydrogen) atoms. The summed E-state index contributed by atoms with van der Waals surface area (Å²) < 4.78 is 0. The van der Waals surface area contributed by atoms with Gasteiger partial charge in [0.25, 0.3) is 0 Å². The number of ketones is 2. The molecule has 4 aliphatic rings. The van der Waals surface area contributed by atoms with E-state index < -0.39 is 0 Å². The van der Waals surface area contributed by atoms with Crippen LogP contribution in [0.25, 0.3) is 0 Å². The van der Waals surface area contributed by atoms with Crippen molar-refractivity contribution in [2.45, 2.75) is 72.6 Å². The Labute approximate surface area is 151 Å². The maximum atomic E-state index is 12.3. The summed E-state index contributed by atoms with van der Waals surface area (Å²) in [7, 11) is 0. The molecule has 3 nitrogen and oxygen atoms in total. The second-order valence-corrected chi connectivity index (χ2v) is 10.2. The molecule has 3 heteroatoms. The molecule has 8 atom stereocenters. The molecule has 0 heterocycles. The smallest absolute Gasteiger partial charge is 0.176 e. The van der Waals surface area contributed by atoms with Crippen molar-refractivity contribution >= 4 is 17.3 Å². The van der Waals surface area contributed by atoms with Gasteiger partial charge in [-0.3, -0.25) is 9.59 Å². The zero-order valence-electron chi connectivity index (χ0n) is 16.2. The van der Waals surface area contributed by atoms with Gasteiger partial charge < -0.3 is 5.41 Å². The van der Waals surface area contributed by atoms with Gasteiger partial charge in [-0.2, -0.15) is 0 Å². The summed E-state index contributed by atoms with van der Waals surface area (Å²) in [6.07, 6.45) is 7.14. The number of hydrogen-bond acceptors (Lipinski definition) is 3. The zero-order valence-corrected chi connectivity index (χ0v) is 16.2. The highest BCUT2D eigenvalue weighted by Gasteiger charge is 2.63. The summed E-state index contributed by atoms with van der Waals surface area (Å²) in [6, 6.07) is 0. The summed E-state index contributed by atoms with van der Waals surface area (Å²) in [5.74, 6) is 3.40. The van der Waals surface area contributed by atoms with Gasteiger partial charge in [0.05, 0.1) is 5.71 Å². The Kier molecular flexibility index (Phi) is 3.84. The van der Waals surface area contributed by atoms with Crippen LogP contribution in [0.4, 0.5) is 0 Å². The monoisotopic (exact) mass is 343 g/mol. The Morgan fingerprint density at radius 3 is 2.44 bits per heavy atom. The van der Waals surface area contributed by atoms with Gasteiger partial charge in [0, 0.05) is 18.3 Å². The molecule has 0 aromatic carbocycles. The van der Waals surface area contributed by atoms with E-state index in [2.05, 4.69) is 20.8 Å². The third kappa shape index (κ3) is 2.20. The molecule has 4 saturated carbocycles. The fourth-order valence-electron chi connectivity index (χ4n) is 8.00. The predicted octanol–water partition coefficient (Wildman–Crippen LogP) is 4.68. The van der Waals surface area contributed by atoms with Crippen LogP contribution in [-0.4, -0.2) is 17.3 Å². The van der Waals surface area contributed by atoms with E-state index in [1.165, 1.54) is 12.8 Å². The third-order valence-corrected chi connectivity index (χ3v) is 9.27. The van der Waals surface area contributed by atoms with Gasteiger partial charge in [-0.1, -0.05) is 20.8 Å². The Balaban J connectivity index is 1.70. The molecule has 2 unspecified atom stereocenters. The van der Waals surface area contributed by atoms with Crippen molar-refractivity contribution in [3.63, 3.8) is 0 Å². The minimum Gasteiger partial charge on any atom is -0.301 e. The van der Waals surface area contributed by atoms with E-state index in [0.717, 1.165) is 25.7 Å². The highest BCUT2D eigenvalue weighted by Crippen LogP contribution is 2.68. The summed E-state index contributed by atoms with van der Waals surface area (Å²) in [4.78, 5) is 24.4. The van der Waals surface area contributed by atoms with Crippen molar-refractivity contribution in [1.29, 1.82) is 5.41 Å². The SMILES string of the molecule is CC(=O)[C@H]1CC[C@H]2[C@@H]3C(C)CC4C(=N)C(=O)CC[C@]4(C)[C@H]3CC[C@]12C. The number of Topliss-reactive ketones (excluding diaryl/α,β-unsaturated/α-hetero) is 2. The van der Waals surface area contributed by atoms with Crippen LogP contribution < -0.4 is 0 Å². The Morgan fingerprint density at radius 2 is 1.76 bits per heavy atom. The van der Waals surface area contributed by atoms with Gasteiger partial charge in [-0.15, -0.1) is 0 Å². The number of rotatable bonds is 1. The predicted molar refractivity (Wildman–Crippen MR) is 98.6 cm³/mol. The molecular formula is C22H33NO2. The molecule has 138 valence electrons. The molecule has 4 fully saturated rings. The van der Waals surface area contributed by atoms with Crippen LogP contribution in [0.2, 0.25) is 0 Å². The molecule has 0 aliphatic heterocycles. The number of fused-ring (bicyclic) bond motifs is 5. The highest BCUT2D eigenvalue weighted by molar-refractivity contribution is 6.40. The summed E-state index contributed by atoms with van der Waals surface area (Å²) >= 11 is 0. The van der Waals surface area contributed by atoms with E-state index in [4.69, 9.17) is 5.41 Å². The Hall–Kier alpha value is -0.990. The first-order valence-corrected chi connectivity index (χ1v) is 10.3. The fourth-order valence-corrected chi connectivity index (χ4v) is 8.00. The van der Waals surface area contributed by atoms with Crippen LogP contribution >= 0.6 is 0 Å². The van der Waals surface area contributed by atoms with Crippen molar-refractivity contribution in [3.05, 3.63) is 0 Å². The number of hydrogen-bond donors (Lipinski definition) is 1. The molecule has 4 rings (SSSR count). The van der Waals surface area contributed by atoms with Crippen molar-refractivity contribution in [1.82, 2.24) is 0 Å². The first kappa shape index (κ1) is 17.4. The van der Waals surface area contributed by atoms with Crippen molar-refractivity contribution in [3.8, 4) is 0 Å². The summed E-state index contributed by atoms with van der Waals surface area (Å²) in [5.41, 5.74) is 0.723. The van der Waals surface area contributed by atoms with E-state index in [9.17, 15) is 9.59 Å². The molecule has 0 bridgehead atoms. The van der Waals surface area contributed by atoms with Crippen LogP contribution in [0.1, 0.15) is 72.6 Å². The van der Waals surface area contributed by atoms with Gasteiger partial charge in [-0.25, -0.2) is 0 Å². The third-order valence-electron chi connectivity index (χ3n) is 9.27. The fraction of sp³-hybridized carbons (Fsp3) is 0.864. The molecule has 1 N–H and O–H groups in total. The molecule has 0 radical (unpaired) electrons. The minimum absolute atomic E-state index is 0.0892. The van der Waals surface area contributed by atoms with Crippen LogP contribution in [0.5, 0.6) is 0 Å². The van der Waals surface area contributed by atoms with E-state index in [0.29, 0.717) is 41.6 Å². The quantitative estimate of drug-likeness (QED) is 0.751. The van der Waals surface area contributed by atoms with Gasteiger partial charge in [-0.05, 0) is 80.0 Å². The van der Waals surface area contributed by atoms with Gasteiger partial charge >= 0.3 is 0 Å². The molecule has 4 aliphatic carbocycles. The summed E-state index contributed by atoms with van der Waals surface area (Å²) in [6.45, 7) is 8.92. The van der Waals surface area contributed by atoms with E-state index in [1.54, 1.807) is 6.92 Å². The standard InChI is InChI=1S/C22H33NO2/c1-12-11-17-20(23)18(25)8-10-22(17,4)16-7-9-21(3)14(13(2)24)5-6-15(21)19(12)16/h12,14-17,19,23H,5-11H2,1-4H3/t12?,14-,15+,16+,17?,19+,21-,22-/m1/s1. The highest BCUT2D eigenvalue weighted by atomic mass is 16.1. The molecule has 0 aromatic rings. The van der Waals surface area contributed by atoms with Crippen LogP contribution in [0.3, 0.4) is 0 Å². The van der Waals surface area contributed by atoms with Crippen molar-refractivity contribution < 1.29 is 9.59 Å². The topological polar surface area (TPSA) is 58.0 Å². The Bertz CT molecular complexity index is 640. The van der Waals surface area contributed by atoms with Gasteiger partial charge in [0.1, 0.15) is 5.78 Å². The second-order valence-electron chi connectivity index (χ2n) is 10.2. The lowest BCUT2D eigenvalue weighted by atomic mass is 9.42. The zero-order chi connectivity index (χ0) is 18.1. The van der Waals surface area contributed by atoms with Crippen LogP contribution in [0.15, 0.2) is 0 Å². The lowest BCUT2D eigenvalue weighted by Crippen LogP contribution is -2.58. The normalized spacial score (nSPS) is 52.3. The molecule has 0 amide bonds. The first-order chi connectivity index (χ1) is 11.7. The number of nitrogens with one attached hydrogen (secondary N) is 1. The lowest BCUT2D eigenvalue weighted by Gasteiger charge is -2.62. The van der Waals surface area contributed by atoms with E-state index >= 15 is 0 Å². The Morgan fingerprint density at radius 1 is 1.08 bits per heavy atom. The van der Waals surface area contributed by atoms with Crippen molar-refractivity contribution in [2.24, 2.45) is 46.3 Å². The first-order valence-electron chi connectivity index (χ1n) is 10.3. The number of carbonyl (C=O) groups excluding carboxylic acids is 2. The number of carbonyl (C=O) groups is 2. The average Bonchev–Trinajstić information content (AvgIpc) is 2.91. The maximum absolute atomic E-state index is 12.3. The maximum Gasteiger partial charge on any atom is 0.176 e. The lowest BCUT2D eigenvalue weighted by molar-refractivity contribution is -0.138.